The van der Waals surface area contributed by atoms with Crippen LogP contribution in [0.1, 0.15) is 50.7 Å². The van der Waals surface area contributed by atoms with Crippen molar-refractivity contribution < 1.29 is 4.79 Å². The molecule has 34 heavy (non-hydrogen) atoms. The second-order valence-corrected chi connectivity index (χ2v) is 9.47. The standard InChI is InChI=1S/C27H31N5O2/c1-27(2,3)32-25-23(18-30-32)26(34)31(19-29-25)17-15-24(33)28-16-14-22(20-10-6-4-7-11-20)21-12-8-5-9-13-21/h4-13,18-19,22H,14-17H2,1-3H3,(H,28,33). The number of rotatable bonds is 8. The Morgan fingerprint density at radius 3 is 2.21 bits per heavy atom. The molecule has 4 rings (SSSR count). The first-order valence-electron chi connectivity index (χ1n) is 11.6. The predicted molar refractivity (Wildman–Crippen MR) is 134 cm³/mol. The lowest BCUT2D eigenvalue weighted by Crippen LogP contribution is -2.29. The molecule has 0 aliphatic heterocycles. The van der Waals surface area contributed by atoms with Crippen molar-refractivity contribution in [1.82, 2.24) is 24.6 Å². The molecule has 0 bridgehead atoms. The fraction of sp³-hybridized carbons (Fsp3) is 0.333. The fourth-order valence-electron chi connectivity index (χ4n) is 4.16. The number of carbonyl (C=O) groups is 1. The maximum Gasteiger partial charge on any atom is 0.264 e. The van der Waals surface area contributed by atoms with Crippen molar-refractivity contribution in [2.45, 2.75) is 51.6 Å². The molecular formula is C27H31N5O2. The van der Waals surface area contributed by atoms with Gasteiger partial charge in [-0.2, -0.15) is 5.10 Å². The van der Waals surface area contributed by atoms with E-state index in [4.69, 9.17) is 0 Å². The van der Waals surface area contributed by atoms with Crippen LogP contribution in [0.5, 0.6) is 0 Å². The number of benzene rings is 2. The quantitative estimate of drug-likeness (QED) is 0.432. The van der Waals surface area contributed by atoms with Gasteiger partial charge in [0.15, 0.2) is 5.65 Å². The van der Waals surface area contributed by atoms with E-state index in [1.165, 1.54) is 22.0 Å². The van der Waals surface area contributed by atoms with E-state index in [0.29, 0.717) is 17.6 Å². The lowest BCUT2D eigenvalue weighted by molar-refractivity contribution is -0.121. The van der Waals surface area contributed by atoms with Gasteiger partial charge in [-0.1, -0.05) is 60.7 Å². The molecule has 0 aliphatic carbocycles. The highest BCUT2D eigenvalue weighted by atomic mass is 16.1. The summed E-state index contributed by atoms with van der Waals surface area (Å²) in [5, 5.41) is 7.81. The zero-order chi connectivity index (χ0) is 24.1. The van der Waals surface area contributed by atoms with Gasteiger partial charge < -0.3 is 5.32 Å². The molecule has 0 atom stereocenters. The largest absolute Gasteiger partial charge is 0.356 e. The first-order valence-corrected chi connectivity index (χ1v) is 11.6. The fourth-order valence-corrected chi connectivity index (χ4v) is 4.16. The third-order valence-electron chi connectivity index (χ3n) is 5.93. The van der Waals surface area contributed by atoms with Gasteiger partial charge in [0.2, 0.25) is 5.91 Å². The van der Waals surface area contributed by atoms with Crippen molar-refractivity contribution in [3.05, 3.63) is 94.7 Å². The van der Waals surface area contributed by atoms with Crippen LogP contribution in [-0.4, -0.2) is 31.8 Å². The van der Waals surface area contributed by atoms with Gasteiger partial charge in [0, 0.05) is 25.4 Å². The lowest BCUT2D eigenvalue weighted by atomic mass is 9.88. The highest BCUT2D eigenvalue weighted by molar-refractivity contribution is 5.76. The molecule has 0 unspecified atom stereocenters. The Labute approximate surface area is 199 Å². The second-order valence-electron chi connectivity index (χ2n) is 9.47. The molecule has 0 radical (unpaired) electrons. The average molecular weight is 458 g/mol. The number of amides is 1. The molecule has 0 spiro atoms. The highest BCUT2D eigenvalue weighted by Gasteiger charge is 2.20. The number of hydrogen-bond acceptors (Lipinski definition) is 4. The Bertz CT molecular complexity index is 1260. The van der Waals surface area contributed by atoms with E-state index >= 15 is 0 Å². The van der Waals surface area contributed by atoms with E-state index in [0.717, 1.165) is 6.42 Å². The van der Waals surface area contributed by atoms with Crippen molar-refractivity contribution in [3.8, 4) is 0 Å². The number of nitrogens with zero attached hydrogens (tertiary/aromatic N) is 4. The topological polar surface area (TPSA) is 81.8 Å². The van der Waals surface area contributed by atoms with Gasteiger partial charge in [-0.05, 0) is 38.3 Å². The molecule has 1 N–H and O–H groups in total. The number of nitrogens with one attached hydrogen (secondary N) is 1. The smallest absolute Gasteiger partial charge is 0.264 e. The number of hydrogen-bond donors (Lipinski definition) is 1. The molecule has 2 aromatic heterocycles. The van der Waals surface area contributed by atoms with Gasteiger partial charge in [-0.15, -0.1) is 0 Å². The molecule has 7 nitrogen and oxygen atoms in total. The van der Waals surface area contributed by atoms with Gasteiger partial charge in [0.1, 0.15) is 5.39 Å². The minimum Gasteiger partial charge on any atom is -0.356 e. The van der Waals surface area contributed by atoms with Gasteiger partial charge in [0.25, 0.3) is 5.56 Å². The van der Waals surface area contributed by atoms with Crippen LogP contribution in [0.4, 0.5) is 0 Å². The van der Waals surface area contributed by atoms with E-state index in [-0.39, 0.29) is 35.9 Å². The lowest BCUT2D eigenvalue weighted by Gasteiger charge is -2.19. The maximum absolute atomic E-state index is 12.8. The van der Waals surface area contributed by atoms with E-state index in [1.54, 1.807) is 10.9 Å². The number of aromatic nitrogens is 4. The molecule has 0 fully saturated rings. The van der Waals surface area contributed by atoms with Crippen LogP contribution >= 0.6 is 0 Å². The molecule has 4 aromatic rings. The van der Waals surface area contributed by atoms with Gasteiger partial charge >= 0.3 is 0 Å². The molecular weight excluding hydrogens is 426 g/mol. The SMILES string of the molecule is CC(C)(C)n1ncc2c(=O)n(CCC(=O)NCCC(c3ccccc3)c3ccccc3)cnc21. The molecule has 0 saturated carbocycles. The van der Waals surface area contributed by atoms with Crippen LogP contribution < -0.4 is 10.9 Å². The Morgan fingerprint density at radius 2 is 1.62 bits per heavy atom. The van der Waals surface area contributed by atoms with E-state index in [2.05, 4.69) is 39.7 Å². The Balaban J connectivity index is 1.36. The molecule has 7 heteroatoms. The van der Waals surface area contributed by atoms with Crippen LogP contribution in [0, 0.1) is 0 Å². The molecule has 0 aliphatic rings. The predicted octanol–water partition coefficient (Wildman–Crippen LogP) is 4.08. The second kappa shape index (κ2) is 10.0. The number of aryl methyl sites for hydroxylation is 1. The van der Waals surface area contributed by atoms with Gasteiger partial charge in [-0.25, -0.2) is 9.67 Å². The summed E-state index contributed by atoms with van der Waals surface area (Å²) in [4.78, 5) is 29.8. The average Bonchev–Trinajstić information content (AvgIpc) is 3.28. The van der Waals surface area contributed by atoms with E-state index < -0.39 is 0 Å². The van der Waals surface area contributed by atoms with Crippen molar-refractivity contribution in [1.29, 1.82) is 0 Å². The molecule has 2 aromatic carbocycles. The zero-order valence-electron chi connectivity index (χ0n) is 19.9. The van der Waals surface area contributed by atoms with Crippen LogP contribution in [-0.2, 0) is 16.9 Å². The van der Waals surface area contributed by atoms with Crippen LogP contribution in [0.2, 0.25) is 0 Å². The number of carbonyl (C=O) groups excluding carboxylic acids is 1. The highest BCUT2D eigenvalue weighted by Crippen LogP contribution is 2.27. The summed E-state index contributed by atoms with van der Waals surface area (Å²) in [6, 6.07) is 20.7. The van der Waals surface area contributed by atoms with Crippen molar-refractivity contribution in [2.75, 3.05) is 6.54 Å². The van der Waals surface area contributed by atoms with Crippen LogP contribution in [0.25, 0.3) is 11.0 Å². The van der Waals surface area contributed by atoms with Crippen molar-refractivity contribution in [2.24, 2.45) is 0 Å². The summed E-state index contributed by atoms with van der Waals surface area (Å²) in [5.41, 5.74) is 2.56. The number of fused-ring (bicyclic) bond motifs is 1. The molecule has 176 valence electrons. The zero-order valence-corrected chi connectivity index (χ0v) is 19.9. The Morgan fingerprint density at radius 1 is 1.00 bits per heavy atom. The van der Waals surface area contributed by atoms with Crippen molar-refractivity contribution >= 4 is 16.9 Å². The summed E-state index contributed by atoms with van der Waals surface area (Å²) in [6.45, 7) is 6.86. The van der Waals surface area contributed by atoms with Gasteiger partial charge in [-0.3, -0.25) is 14.2 Å². The minimum absolute atomic E-state index is 0.0859. The summed E-state index contributed by atoms with van der Waals surface area (Å²) in [5.74, 6) is 0.119. The summed E-state index contributed by atoms with van der Waals surface area (Å²) in [6.07, 6.45) is 4.06. The normalized spacial score (nSPS) is 11.8. The monoisotopic (exact) mass is 457 g/mol. The van der Waals surface area contributed by atoms with Crippen LogP contribution in [0.3, 0.4) is 0 Å². The van der Waals surface area contributed by atoms with Crippen molar-refractivity contribution in [3.63, 3.8) is 0 Å². The third-order valence-corrected chi connectivity index (χ3v) is 5.93. The first-order chi connectivity index (χ1) is 16.3. The van der Waals surface area contributed by atoms with Crippen LogP contribution in [0.15, 0.2) is 78.0 Å². The maximum atomic E-state index is 12.8. The van der Waals surface area contributed by atoms with E-state index in [1.807, 2.05) is 57.2 Å². The molecule has 2 heterocycles. The first kappa shape index (κ1) is 23.4. The van der Waals surface area contributed by atoms with E-state index in [9.17, 15) is 9.59 Å². The Kier molecular flexibility index (Phi) is 6.91. The summed E-state index contributed by atoms with van der Waals surface area (Å²) < 4.78 is 3.23. The summed E-state index contributed by atoms with van der Waals surface area (Å²) >= 11 is 0. The summed E-state index contributed by atoms with van der Waals surface area (Å²) in [7, 11) is 0. The Hall–Kier alpha value is -3.74. The molecule has 1 amide bonds. The third kappa shape index (κ3) is 5.25. The van der Waals surface area contributed by atoms with Gasteiger partial charge in [0.05, 0.1) is 18.1 Å². The molecule has 0 saturated heterocycles. The minimum atomic E-state index is -0.273.